The Morgan fingerprint density at radius 2 is 1.12 bits per heavy atom. The van der Waals surface area contributed by atoms with Crippen molar-refractivity contribution < 1.29 is 15.0 Å². The summed E-state index contributed by atoms with van der Waals surface area (Å²) < 4.78 is 0. The lowest BCUT2D eigenvalue weighted by Gasteiger charge is -2.19. The van der Waals surface area contributed by atoms with Crippen LogP contribution in [0.2, 0.25) is 0 Å². The predicted octanol–water partition coefficient (Wildman–Crippen LogP) is 7.78. The van der Waals surface area contributed by atoms with E-state index in [1.807, 2.05) is 6.08 Å². The number of amides is 1. The molecule has 4 heteroatoms. The Labute approximate surface area is 211 Å². The summed E-state index contributed by atoms with van der Waals surface area (Å²) in [5.41, 5.74) is 0. The van der Waals surface area contributed by atoms with Crippen molar-refractivity contribution in [3.8, 4) is 0 Å². The van der Waals surface area contributed by atoms with Crippen LogP contribution in [0.4, 0.5) is 0 Å². The average Bonchev–Trinajstić information content (AvgIpc) is 2.84. The zero-order valence-corrected chi connectivity index (χ0v) is 22.6. The van der Waals surface area contributed by atoms with Gasteiger partial charge in [0.25, 0.3) is 0 Å². The van der Waals surface area contributed by atoms with Gasteiger partial charge in [0.05, 0.1) is 18.8 Å². The van der Waals surface area contributed by atoms with Gasteiger partial charge >= 0.3 is 0 Å². The maximum absolute atomic E-state index is 12.1. The minimum absolute atomic E-state index is 0.104. The van der Waals surface area contributed by atoms with Gasteiger partial charge in [0, 0.05) is 6.42 Å². The van der Waals surface area contributed by atoms with Crippen molar-refractivity contribution in [2.24, 2.45) is 0 Å². The van der Waals surface area contributed by atoms with Crippen LogP contribution in [-0.2, 0) is 4.79 Å². The van der Waals surface area contributed by atoms with Crippen LogP contribution < -0.4 is 5.32 Å². The highest BCUT2D eigenvalue weighted by Crippen LogP contribution is 2.12. The van der Waals surface area contributed by atoms with E-state index in [-0.39, 0.29) is 12.5 Å². The number of aliphatic hydroxyl groups excluding tert-OH is 2. The predicted molar refractivity (Wildman–Crippen MR) is 147 cm³/mol. The summed E-state index contributed by atoms with van der Waals surface area (Å²) in [5, 5.41) is 22.6. The normalized spacial score (nSPS) is 13.6. The molecular weight excluding hydrogens is 422 g/mol. The molecule has 0 aliphatic carbocycles. The number of carbonyl (C=O) groups is 1. The second-order valence-corrected chi connectivity index (χ2v) is 9.81. The van der Waals surface area contributed by atoms with Crippen LogP contribution in [0, 0.1) is 0 Å². The number of allylic oxidation sites excluding steroid dienone is 3. The summed E-state index contributed by atoms with van der Waals surface area (Å²) in [6.07, 6.45) is 31.1. The van der Waals surface area contributed by atoms with E-state index in [9.17, 15) is 15.0 Å². The molecule has 0 saturated carbocycles. The van der Waals surface area contributed by atoms with Gasteiger partial charge in [-0.15, -0.1) is 0 Å². The number of aliphatic hydroxyl groups is 2. The largest absolute Gasteiger partial charge is 0.394 e. The van der Waals surface area contributed by atoms with E-state index in [4.69, 9.17) is 0 Å². The second kappa shape index (κ2) is 26.5. The average molecular weight is 480 g/mol. The highest BCUT2D eigenvalue weighted by atomic mass is 16.3. The highest BCUT2D eigenvalue weighted by Gasteiger charge is 2.17. The lowest BCUT2D eigenvalue weighted by Crippen LogP contribution is -2.45. The van der Waals surface area contributed by atoms with Crippen LogP contribution in [-0.4, -0.2) is 34.9 Å². The number of hydrogen-bond donors (Lipinski definition) is 3. The van der Waals surface area contributed by atoms with E-state index in [0.717, 1.165) is 32.1 Å². The highest BCUT2D eigenvalue weighted by molar-refractivity contribution is 5.76. The number of unbranched alkanes of at least 4 members (excludes halogenated alkanes) is 16. The van der Waals surface area contributed by atoms with Gasteiger partial charge in [0.1, 0.15) is 0 Å². The molecule has 0 aromatic carbocycles. The maximum atomic E-state index is 12.1. The first-order valence-corrected chi connectivity index (χ1v) is 14.6. The Morgan fingerprint density at radius 3 is 1.65 bits per heavy atom. The summed E-state index contributed by atoms with van der Waals surface area (Å²) >= 11 is 0. The van der Waals surface area contributed by atoms with E-state index in [1.54, 1.807) is 6.08 Å². The maximum Gasteiger partial charge on any atom is 0.220 e. The second-order valence-electron chi connectivity index (χ2n) is 9.81. The molecule has 1 amide bonds. The molecule has 34 heavy (non-hydrogen) atoms. The monoisotopic (exact) mass is 479 g/mol. The molecule has 200 valence electrons. The fourth-order valence-electron chi connectivity index (χ4n) is 4.12. The van der Waals surface area contributed by atoms with E-state index >= 15 is 0 Å². The Morgan fingerprint density at radius 1 is 0.676 bits per heavy atom. The number of carbonyl (C=O) groups excluding carboxylic acids is 1. The molecule has 3 N–H and O–H groups in total. The Kier molecular flexibility index (Phi) is 25.6. The first-order valence-electron chi connectivity index (χ1n) is 14.6. The first-order chi connectivity index (χ1) is 16.7. The topological polar surface area (TPSA) is 69.6 Å². The van der Waals surface area contributed by atoms with Crippen molar-refractivity contribution in [3.63, 3.8) is 0 Å². The first kappa shape index (κ1) is 32.9. The molecule has 0 rings (SSSR count). The third kappa shape index (κ3) is 22.7. The van der Waals surface area contributed by atoms with Gasteiger partial charge in [0.2, 0.25) is 5.91 Å². The van der Waals surface area contributed by atoms with Crippen LogP contribution in [0.1, 0.15) is 142 Å². The Bertz CT molecular complexity index is 489. The van der Waals surface area contributed by atoms with E-state index in [1.165, 1.54) is 89.9 Å². The molecule has 0 aliphatic rings. The molecule has 0 heterocycles. The molecule has 2 unspecified atom stereocenters. The summed E-state index contributed by atoms with van der Waals surface area (Å²) in [6.45, 7) is 4.22. The molecule has 0 bridgehead atoms. The summed E-state index contributed by atoms with van der Waals surface area (Å²) in [6, 6.07) is -0.629. The van der Waals surface area contributed by atoms with E-state index < -0.39 is 12.1 Å². The SMILES string of the molecule is CCCCCC/C=C\CCCC(=O)NC(CO)C(O)/C=C/CCCCCCCCCCCCC. The van der Waals surface area contributed by atoms with Gasteiger partial charge in [0.15, 0.2) is 0 Å². The third-order valence-corrected chi connectivity index (χ3v) is 6.43. The quantitative estimate of drug-likeness (QED) is 0.0924. The van der Waals surface area contributed by atoms with Crippen molar-refractivity contribution >= 4 is 5.91 Å². The smallest absolute Gasteiger partial charge is 0.220 e. The van der Waals surface area contributed by atoms with Crippen molar-refractivity contribution in [2.45, 2.75) is 154 Å². The van der Waals surface area contributed by atoms with Gasteiger partial charge in [-0.3, -0.25) is 4.79 Å². The number of rotatable bonds is 25. The van der Waals surface area contributed by atoms with Crippen LogP contribution in [0.25, 0.3) is 0 Å². The molecule has 0 aromatic rings. The summed E-state index contributed by atoms with van der Waals surface area (Å²) in [5.74, 6) is -0.104. The van der Waals surface area contributed by atoms with Gasteiger partial charge in [-0.05, 0) is 38.5 Å². The zero-order valence-electron chi connectivity index (χ0n) is 22.6. The minimum atomic E-state index is -0.843. The fourth-order valence-corrected chi connectivity index (χ4v) is 4.12. The number of nitrogens with one attached hydrogen (secondary N) is 1. The van der Waals surface area contributed by atoms with Gasteiger partial charge in [-0.25, -0.2) is 0 Å². The molecule has 2 atom stereocenters. The van der Waals surface area contributed by atoms with E-state index in [0.29, 0.717) is 6.42 Å². The molecule has 4 nitrogen and oxygen atoms in total. The third-order valence-electron chi connectivity index (χ3n) is 6.43. The van der Waals surface area contributed by atoms with Gasteiger partial charge in [-0.1, -0.05) is 122 Å². The Hall–Kier alpha value is -1.13. The van der Waals surface area contributed by atoms with Crippen molar-refractivity contribution in [3.05, 3.63) is 24.3 Å². The summed E-state index contributed by atoms with van der Waals surface area (Å²) in [7, 11) is 0. The summed E-state index contributed by atoms with van der Waals surface area (Å²) in [4.78, 5) is 12.1. The lowest BCUT2D eigenvalue weighted by molar-refractivity contribution is -0.122. The van der Waals surface area contributed by atoms with Crippen LogP contribution in [0.3, 0.4) is 0 Å². The standard InChI is InChI=1S/C30H57NO3/c1-3-5-7-9-11-13-14-15-16-18-19-21-23-25-29(33)28(27-32)31-30(34)26-24-22-20-17-12-10-8-6-4-2/h17,20,23,25,28-29,32-33H,3-16,18-19,21-22,24,26-27H2,1-2H3,(H,31,34)/b20-17-,25-23+. The van der Waals surface area contributed by atoms with Crippen LogP contribution in [0.5, 0.6) is 0 Å². The Balaban J connectivity index is 3.74. The van der Waals surface area contributed by atoms with Crippen molar-refractivity contribution in [1.29, 1.82) is 0 Å². The van der Waals surface area contributed by atoms with Crippen molar-refractivity contribution in [1.82, 2.24) is 5.32 Å². The van der Waals surface area contributed by atoms with Gasteiger partial charge in [-0.2, -0.15) is 0 Å². The van der Waals surface area contributed by atoms with Crippen molar-refractivity contribution in [2.75, 3.05) is 6.61 Å². The van der Waals surface area contributed by atoms with Crippen LogP contribution >= 0.6 is 0 Å². The number of hydrogen-bond acceptors (Lipinski definition) is 3. The molecule has 0 fully saturated rings. The molecule has 0 aromatic heterocycles. The zero-order chi connectivity index (χ0) is 25.1. The molecule has 0 aliphatic heterocycles. The molecule has 0 spiro atoms. The molecular formula is C30H57NO3. The van der Waals surface area contributed by atoms with E-state index in [2.05, 4.69) is 31.3 Å². The van der Waals surface area contributed by atoms with Crippen LogP contribution in [0.15, 0.2) is 24.3 Å². The lowest BCUT2D eigenvalue weighted by atomic mass is 10.0. The fraction of sp³-hybridized carbons (Fsp3) is 0.833. The molecule has 0 saturated heterocycles. The minimum Gasteiger partial charge on any atom is -0.394 e. The molecule has 0 radical (unpaired) electrons. The van der Waals surface area contributed by atoms with Gasteiger partial charge < -0.3 is 15.5 Å².